The maximum Gasteiger partial charge on any atom is 0.159 e. The van der Waals surface area contributed by atoms with Gasteiger partial charge in [0.15, 0.2) is 5.78 Å². The Kier molecular flexibility index (Phi) is 4.87. The molecule has 0 aliphatic rings. The van der Waals surface area contributed by atoms with E-state index in [2.05, 4.69) is 9.55 Å². The van der Waals surface area contributed by atoms with E-state index in [1.807, 2.05) is 60.9 Å². The lowest BCUT2D eigenvalue weighted by molar-refractivity contribution is 0.101. The monoisotopic (exact) mass is 320 g/mol. The third-order valence-corrected chi connectivity index (χ3v) is 4.01. The van der Waals surface area contributed by atoms with Gasteiger partial charge < -0.3 is 9.67 Å². The molecule has 0 aliphatic heterocycles. The first kappa shape index (κ1) is 16.1. The van der Waals surface area contributed by atoms with Crippen molar-refractivity contribution >= 4 is 5.78 Å². The molecule has 1 aromatic heterocycles. The molecule has 0 saturated heterocycles. The Balaban J connectivity index is 2.09. The summed E-state index contributed by atoms with van der Waals surface area (Å²) in [6.07, 6.45) is 2.48. The largest absolute Gasteiger partial charge is 0.396 e. The van der Waals surface area contributed by atoms with E-state index < -0.39 is 0 Å². The second-order valence-corrected chi connectivity index (χ2v) is 5.71. The highest BCUT2D eigenvalue weighted by Gasteiger charge is 2.15. The molecular formula is C20H20N2O2. The Morgan fingerprint density at radius 2 is 1.75 bits per heavy atom. The molecule has 122 valence electrons. The molecule has 3 rings (SSSR count). The van der Waals surface area contributed by atoms with E-state index in [4.69, 9.17) is 5.11 Å². The van der Waals surface area contributed by atoms with Gasteiger partial charge in [-0.1, -0.05) is 54.6 Å². The van der Waals surface area contributed by atoms with Crippen molar-refractivity contribution in [2.45, 2.75) is 19.9 Å². The average molecular weight is 320 g/mol. The number of carbonyl (C=O) groups excluding carboxylic acids is 1. The number of imidazole rings is 1. The number of nitrogens with zero attached hydrogens (tertiary/aromatic N) is 2. The molecule has 0 aliphatic carbocycles. The quantitative estimate of drug-likeness (QED) is 0.703. The van der Waals surface area contributed by atoms with Gasteiger partial charge in [0, 0.05) is 29.8 Å². The number of aliphatic hydroxyl groups excluding tert-OH is 1. The summed E-state index contributed by atoms with van der Waals surface area (Å²) in [7, 11) is 0. The third kappa shape index (κ3) is 3.29. The third-order valence-electron chi connectivity index (χ3n) is 4.01. The van der Waals surface area contributed by atoms with Crippen LogP contribution < -0.4 is 0 Å². The van der Waals surface area contributed by atoms with Crippen LogP contribution in [-0.2, 0) is 6.54 Å². The molecule has 0 unspecified atom stereocenters. The van der Waals surface area contributed by atoms with Crippen LogP contribution in [0.1, 0.15) is 23.7 Å². The van der Waals surface area contributed by atoms with Gasteiger partial charge in [-0.05, 0) is 13.3 Å². The minimum absolute atomic E-state index is 0.0543. The SMILES string of the molecule is CC(=O)c1ccc(-c2c(-c3ccccc3)ncn2CCCO)cc1. The van der Waals surface area contributed by atoms with Crippen LogP contribution in [0.5, 0.6) is 0 Å². The van der Waals surface area contributed by atoms with Gasteiger partial charge in [0.1, 0.15) is 0 Å². The smallest absolute Gasteiger partial charge is 0.159 e. The summed E-state index contributed by atoms with van der Waals surface area (Å²) >= 11 is 0. The fourth-order valence-corrected chi connectivity index (χ4v) is 2.77. The highest BCUT2D eigenvalue weighted by atomic mass is 16.3. The molecule has 24 heavy (non-hydrogen) atoms. The van der Waals surface area contributed by atoms with Crippen LogP contribution in [0, 0.1) is 0 Å². The van der Waals surface area contributed by atoms with Crippen molar-refractivity contribution in [1.82, 2.24) is 9.55 Å². The molecule has 0 spiro atoms. The first-order chi connectivity index (χ1) is 11.7. The zero-order chi connectivity index (χ0) is 16.9. The Morgan fingerprint density at radius 3 is 2.38 bits per heavy atom. The molecule has 4 nitrogen and oxygen atoms in total. The van der Waals surface area contributed by atoms with Crippen LogP contribution >= 0.6 is 0 Å². The van der Waals surface area contributed by atoms with E-state index in [-0.39, 0.29) is 12.4 Å². The first-order valence-corrected chi connectivity index (χ1v) is 8.03. The van der Waals surface area contributed by atoms with E-state index in [1.54, 1.807) is 6.92 Å². The molecule has 0 bridgehead atoms. The van der Waals surface area contributed by atoms with Crippen LogP contribution in [0.3, 0.4) is 0 Å². The maximum absolute atomic E-state index is 11.5. The number of ketones is 1. The number of aromatic nitrogens is 2. The number of Topliss-reactive ketones (excluding diaryl/α,β-unsaturated/α-hetero) is 1. The Morgan fingerprint density at radius 1 is 1.04 bits per heavy atom. The van der Waals surface area contributed by atoms with Crippen LogP contribution in [0.15, 0.2) is 60.9 Å². The normalized spacial score (nSPS) is 10.8. The maximum atomic E-state index is 11.5. The summed E-state index contributed by atoms with van der Waals surface area (Å²) in [6, 6.07) is 17.6. The van der Waals surface area contributed by atoms with Gasteiger partial charge in [-0.15, -0.1) is 0 Å². The molecular weight excluding hydrogens is 300 g/mol. The number of benzene rings is 2. The molecule has 0 fully saturated rings. The molecule has 1 heterocycles. The van der Waals surface area contributed by atoms with Crippen molar-refractivity contribution in [2.75, 3.05) is 6.61 Å². The number of carbonyl (C=O) groups is 1. The first-order valence-electron chi connectivity index (χ1n) is 8.03. The summed E-state index contributed by atoms with van der Waals surface area (Å²) in [5.74, 6) is 0.0543. The molecule has 0 amide bonds. The van der Waals surface area contributed by atoms with Crippen LogP contribution in [0.2, 0.25) is 0 Å². The molecule has 4 heteroatoms. The highest BCUT2D eigenvalue weighted by Crippen LogP contribution is 2.31. The van der Waals surface area contributed by atoms with E-state index >= 15 is 0 Å². The second kappa shape index (κ2) is 7.23. The van der Waals surface area contributed by atoms with E-state index in [9.17, 15) is 4.79 Å². The van der Waals surface area contributed by atoms with Gasteiger partial charge >= 0.3 is 0 Å². The van der Waals surface area contributed by atoms with Crippen LogP contribution in [0.4, 0.5) is 0 Å². The van der Waals surface area contributed by atoms with Crippen molar-refractivity contribution in [3.05, 3.63) is 66.5 Å². The fraction of sp³-hybridized carbons (Fsp3) is 0.200. The van der Waals surface area contributed by atoms with Crippen molar-refractivity contribution < 1.29 is 9.90 Å². The molecule has 2 aromatic carbocycles. The lowest BCUT2D eigenvalue weighted by Crippen LogP contribution is -2.01. The van der Waals surface area contributed by atoms with E-state index in [0.29, 0.717) is 18.5 Å². The zero-order valence-electron chi connectivity index (χ0n) is 13.6. The molecule has 0 atom stereocenters. The number of rotatable bonds is 6. The minimum atomic E-state index is 0.0543. The van der Waals surface area contributed by atoms with Crippen molar-refractivity contribution in [1.29, 1.82) is 0 Å². The van der Waals surface area contributed by atoms with Gasteiger partial charge in [0.2, 0.25) is 0 Å². The standard InChI is InChI=1S/C20H20N2O2/c1-15(24)16-8-10-18(11-9-16)20-19(17-6-3-2-4-7-17)21-14-22(20)12-5-13-23/h2-4,6-11,14,23H,5,12-13H2,1H3. The van der Waals surface area contributed by atoms with E-state index in [1.165, 1.54) is 0 Å². The summed E-state index contributed by atoms with van der Waals surface area (Å²) in [5, 5.41) is 9.14. The summed E-state index contributed by atoms with van der Waals surface area (Å²) in [4.78, 5) is 16.1. The number of hydrogen-bond acceptors (Lipinski definition) is 3. The number of aryl methyl sites for hydroxylation is 1. The van der Waals surface area contributed by atoms with Crippen LogP contribution in [0.25, 0.3) is 22.5 Å². The van der Waals surface area contributed by atoms with Crippen molar-refractivity contribution in [3.63, 3.8) is 0 Å². The van der Waals surface area contributed by atoms with Gasteiger partial charge in [-0.2, -0.15) is 0 Å². The van der Waals surface area contributed by atoms with Gasteiger partial charge in [0.25, 0.3) is 0 Å². The zero-order valence-corrected chi connectivity index (χ0v) is 13.6. The van der Waals surface area contributed by atoms with E-state index in [0.717, 1.165) is 22.5 Å². The molecule has 3 aromatic rings. The van der Waals surface area contributed by atoms with Crippen molar-refractivity contribution in [3.8, 4) is 22.5 Å². The number of aliphatic hydroxyl groups is 1. The summed E-state index contributed by atoms with van der Waals surface area (Å²) in [5.41, 5.74) is 4.66. The predicted molar refractivity (Wildman–Crippen MR) is 94.8 cm³/mol. The summed E-state index contributed by atoms with van der Waals surface area (Å²) in [6.45, 7) is 2.40. The molecule has 1 N–H and O–H groups in total. The summed E-state index contributed by atoms with van der Waals surface area (Å²) < 4.78 is 2.06. The fourth-order valence-electron chi connectivity index (χ4n) is 2.77. The van der Waals surface area contributed by atoms with Gasteiger partial charge in [-0.25, -0.2) is 4.98 Å². The Labute approximate surface area is 141 Å². The lowest BCUT2D eigenvalue weighted by atomic mass is 10.0. The van der Waals surface area contributed by atoms with Gasteiger partial charge in [0.05, 0.1) is 17.7 Å². The average Bonchev–Trinajstić information content (AvgIpc) is 3.04. The molecule has 0 radical (unpaired) electrons. The Bertz CT molecular complexity index is 821. The second-order valence-electron chi connectivity index (χ2n) is 5.71. The highest BCUT2D eigenvalue weighted by molar-refractivity contribution is 5.94. The predicted octanol–water partition coefficient (Wildman–Crippen LogP) is 3.80. The topological polar surface area (TPSA) is 55.1 Å². The molecule has 0 saturated carbocycles. The van der Waals surface area contributed by atoms with Crippen molar-refractivity contribution in [2.24, 2.45) is 0 Å². The lowest BCUT2D eigenvalue weighted by Gasteiger charge is -2.11. The Hall–Kier alpha value is -2.72. The number of hydrogen-bond donors (Lipinski definition) is 1. The van der Waals surface area contributed by atoms with Gasteiger partial charge in [-0.3, -0.25) is 4.79 Å². The van der Waals surface area contributed by atoms with Crippen LogP contribution in [-0.4, -0.2) is 27.0 Å². The minimum Gasteiger partial charge on any atom is -0.396 e.